The summed E-state index contributed by atoms with van der Waals surface area (Å²) in [4.78, 5) is 12.2. The van der Waals surface area contributed by atoms with E-state index in [2.05, 4.69) is 21.6 Å². The first kappa shape index (κ1) is 17.4. The highest BCUT2D eigenvalue weighted by atomic mass is 32.2. The summed E-state index contributed by atoms with van der Waals surface area (Å²) in [6, 6.07) is 11.3. The van der Waals surface area contributed by atoms with Gasteiger partial charge in [0.1, 0.15) is 0 Å². The largest absolute Gasteiger partial charge is 0.454 e. The minimum atomic E-state index is -0.132. The van der Waals surface area contributed by atoms with Crippen molar-refractivity contribution in [3.8, 4) is 23.0 Å². The normalized spacial score (nSPS) is 12.2. The molecule has 0 atom stereocenters. The monoisotopic (exact) mass is 383 g/mol. The van der Waals surface area contributed by atoms with E-state index in [1.54, 1.807) is 12.1 Å². The highest BCUT2D eigenvalue weighted by Gasteiger charge is 2.17. The van der Waals surface area contributed by atoms with Crippen LogP contribution in [0.25, 0.3) is 11.5 Å². The maximum atomic E-state index is 12.2. The van der Waals surface area contributed by atoms with Crippen molar-refractivity contribution in [2.45, 2.75) is 19.1 Å². The van der Waals surface area contributed by atoms with Gasteiger partial charge in [0.05, 0.1) is 5.75 Å². The Morgan fingerprint density at radius 1 is 1.07 bits per heavy atom. The van der Waals surface area contributed by atoms with Crippen molar-refractivity contribution in [2.75, 3.05) is 17.9 Å². The Morgan fingerprint density at radius 2 is 1.85 bits per heavy atom. The van der Waals surface area contributed by atoms with E-state index in [0.29, 0.717) is 22.6 Å². The molecule has 4 rings (SSSR count). The number of amides is 1. The van der Waals surface area contributed by atoms with Crippen molar-refractivity contribution in [2.24, 2.45) is 0 Å². The fourth-order valence-corrected chi connectivity index (χ4v) is 3.35. The number of rotatable bonds is 5. The van der Waals surface area contributed by atoms with Gasteiger partial charge in [0.25, 0.3) is 5.22 Å². The summed E-state index contributed by atoms with van der Waals surface area (Å²) in [7, 11) is 0. The highest BCUT2D eigenvalue weighted by molar-refractivity contribution is 7.99. The van der Waals surface area contributed by atoms with Gasteiger partial charge in [-0.05, 0) is 55.3 Å². The van der Waals surface area contributed by atoms with E-state index in [9.17, 15) is 4.79 Å². The molecular weight excluding hydrogens is 366 g/mol. The first-order valence-corrected chi connectivity index (χ1v) is 9.30. The minimum absolute atomic E-state index is 0.132. The van der Waals surface area contributed by atoms with Crippen molar-refractivity contribution in [1.82, 2.24) is 10.2 Å². The number of benzene rings is 2. The number of nitrogens with zero attached hydrogens (tertiary/aromatic N) is 2. The maximum absolute atomic E-state index is 12.2. The number of hydrogen-bond donors (Lipinski definition) is 1. The van der Waals surface area contributed by atoms with Gasteiger partial charge in [-0.1, -0.05) is 17.8 Å². The Morgan fingerprint density at radius 3 is 2.67 bits per heavy atom. The number of thioether (sulfide) groups is 1. The van der Waals surface area contributed by atoms with Crippen molar-refractivity contribution in [3.63, 3.8) is 0 Å². The Balaban J connectivity index is 1.37. The summed E-state index contributed by atoms with van der Waals surface area (Å²) >= 11 is 1.19. The second-order valence-corrected chi connectivity index (χ2v) is 7.08. The second kappa shape index (κ2) is 7.32. The number of fused-ring (bicyclic) bond motifs is 1. The summed E-state index contributed by atoms with van der Waals surface area (Å²) in [5, 5.41) is 11.2. The number of carbonyl (C=O) groups excluding carboxylic acids is 1. The van der Waals surface area contributed by atoms with Crippen LogP contribution >= 0.6 is 11.8 Å². The molecule has 138 valence electrons. The molecule has 0 saturated heterocycles. The quantitative estimate of drug-likeness (QED) is 0.670. The third-order valence-corrected chi connectivity index (χ3v) is 4.68. The number of hydrogen-bond acceptors (Lipinski definition) is 7. The van der Waals surface area contributed by atoms with Crippen molar-refractivity contribution < 1.29 is 18.7 Å². The van der Waals surface area contributed by atoms with Crippen molar-refractivity contribution >= 4 is 23.4 Å². The SMILES string of the molecule is Cc1cc(C)cc(NC(=O)CSc2nnc(-c3ccc4c(c3)OCO4)o2)c1. The van der Waals surface area contributed by atoms with Crippen LogP contribution in [0, 0.1) is 13.8 Å². The smallest absolute Gasteiger partial charge is 0.277 e. The Hall–Kier alpha value is -3.00. The summed E-state index contributed by atoms with van der Waals surface area (Å²) in [5.74, 6) is 1.75. The molecular formula is C19H17N3O4S. The number of nitrogens with one attached hydrogen (secondary N) is 1. The Kier molecular flexibility index (Phi) is 4.72. The zero-order chi connectivity index (χ0) is 18.8. The molecule has 0 aliphatic carbocycles. The lowest BCUT2D eigenvalue weighted by Gasteiger charge is -2.06. The third kappa shape index (κ3) is 4.06. The molecule has 0 spiro atoms. The minimum Gasteiger partial charge on any atom is -0.454 e. The molecule has 27 heavy (non-hydrogen) atoms. The number of ether oxygens (including phenoxy) is 2. The lowest BCUT2D eigenvalue weighted by molar-refractivity contribution is -0.113. The predicted molar refractivity (Wildman–Crippen MR) is 101 cm³/mol. The van der Waals surface area contributed by atoms with Crippen LogP contribution in [-0.4, -0.2) is 28.7 Å². The fraction of sp³-hybridized carbons (Fsp3) is 0.211. The Labute approximate surface area is 160 Å². The van der Waals surface area contributed by atoms with Crippen LogP contribution in [0.2, 0.25) is 0 Å². The van der Waals surface area contributed by atoms with Crippen LogP contribution in [0.5, 0.6) is 11.5 Å². The predicted octanol–water partition coefficient (Wildman–Crippen LogP) is 3.81. The van der Waals surface area contributed by atoms with Gasteiger partial charge < -0.3 is 19.2 Å². The van der Waals surface area contributed by atoms with Gasteiger partial charge >= 0.3 is 0 Å². The topological polar surface area (TPSA) is 86.5 Å². The van der Waals surface area contributed by atoms with E-state index in [0.717, 1.165) is 22.4 Å². The average Bonchev–Trinajstić information content (AvgIpc) is 3.27. The van der Waals surface area contributed by atoms with Crippen LogP contribution in [0.4, 0.5) is 5.69 Å². The molecule has 0 saturated carbocycles. The molecule has 1 amide bonds. The first-order valence-electron chi connectivity index (χ1n) is 8.31. The molecule has 1 aromatic heterocycles. The van der Waals surface area contributed by atoms with Gasteiger partial charge in [0, 0.05) is 11.3 Å². The molecule has 1 aliphatic rings. The van der Waals surface area contributed by atoms with E-state index >= 15 is 0 Å². The molecule has 3 aromatic rings. The van der Waals surface area contributed by atoms with Crippen molar-refractivity contribution in [3.05, 3.63) is 47.5 Å². The lowest BCUT2D eigenvalue weighted by atomic mass is 10.1. The van der Waals surface area contributed by atoms with Crippen LogP contribution in [-0.2, 0) is 4.79 Å². The first-order chi connectivity index (χ1) is 13.1. The van der Waals surface area contributed by atoms with E-state index in [1.807, 2.05) is 32.0 Å². The van der Waals surface area contributed by atoms with Gasteiger partial charge in [0.15, 0.2) is 11.5 Å². The van der Waals surface area contributed by atoms with Gasteiger partial charge in [0.2, 0.25) is 18.6 Å². The molecule has 0 radical (unpaired) electrons. The second-order valence-electron chi connectivity index (χ2n) is 6.15. The van der Waals surface area contributed by atoms with Gasteiger partial charge in [-0.3, -0.25) is 4.79 Å². The fourth-order valence-electron chi connectivity index (χ4n) is 2.79. The van der Waals surface area contributed by atoms with Crippen LogP contribution in [0.15, 0.2) is 46.0 Å². The van der Waals surface area contributed by atoms with Gasteiger partial charge in [-0.25, -0.2) is 0 Å². The maximum Gasteiger partial charge on any atom is 0.277 e. The van der Waals surface area contributed by atoms with E-state index in [1.165, 1.54) is 11.8 Å². The summed E-state index contributed by atoms with van der Waals surface area (Å²) in [6.07, 6.45) is 0. The molecule has 2 aromatic carbocycles. The molecule has 2 heterocycles. The highest BCUT2D eigenvalue weighted by Crippen LogP contribution is 2.36. The number of aromatic nitrogens is 2. The number of carbonyl (C=O) groups is 1. The molecule has 1 N–H and O–H groups in total. The molecule has 8 heteroatoms. The average molecular weight is 383 g/mol. The standard InChI is InChI=1S/C19H17N3O4S/c1-11-5-12(2)7-14(6-11)20-17(23)9-27-19-22-21-18(26-19)13-3-4-15-16(8-13)25-10-24-15/h3-8H,9-10H2,1-2H3,(H,20,23). The van der Waals surface area contributed by atoms with Gasteiger partial charge in [-0.15, -0.1) is 10.2 Å². The zero-order valence-corrected chi connectivity index (χ0v) is 15.6. The van der Waals surface area contributed by atoms with Crippen molar-refractivity contribution in [1.29, 1.82) is 0 Å². The molecule has 0 fully saturated rings. The molecule has 1 aliphatic heterocycles. The zero-order valence-electron chi connectivity index (χ0n) is 14.8. The number of aryl methyl sites for hydroxylation is 2. The molecule has 7 nitrogen and oxygen atoms in total. The lowest BCUT2D eigenvalue weighted by Crippen LogP contribution is -2.14. The Bertz CT molecular complexity index is 982. The third-order valence-electron chi connectivity index (χ3n) is 3.86. The summed E-state index contributed by atoms with van der Waals surface area (Å²) in [6.45, 7) is 4.19. The van der Waals surface area contributed by atoms with Crippen LogP contribution < -0.4 is 14.8 Å². The number of anilines is 1. The van der Waals surface area contributed by atoms with Gasteiger partial charge in [-0.2, -0.15) is 0 Å². The summed E-state index contributed by atoms with van der Waals surface area (Å²) in [5.41, 5.74) is 3.72. The van der Waals surface area contributed by atoms with E-state index in [4.69, 9.17) is 13.9 Å². The van der Waals surface area contributed by atoms with Crippen LogP contribution in [0.3, 0.4) is 0 Å². The molecule has 0 unspecified atom stereocenters. The molecule has 0 bridgehead atoms. The van der Waals surface area contributed by atoms with E-state index in [-0.39, 0.29) is 18.5 Å². The summed E-state index contributed by atoms with van der Waals surface area (Å²) < 4.78 is 16.3. The van der Waals surface area contributed by atoms with Crippen LogP contribution in [0.1, 0.15) is 11.1 Å². The van der Waals surface area contributed by atoms with E-state index < -0.39 is 0 Å².